The van der Waals surface area contributed by atoms with Crippen LogP contribution < -0.4 is 0 Å². The van der Waals surface area contributed by atoms with Crippen molar-refractivity contribution in [3.8, 4) is 0 Å². The SMILES string of the molecule is C=C(C)C(=O)O.C=CC(=O)O.C=CC(=O)O.OCCCCCCCCCCCCO. The van der Waals surface area contributed by atoms with Crippen molar-refractivity contribution in [2.75, 3.05) is 13.2 Å². The van der Waals surface area contributed by atoms with Crippen molar-refractivity contribution in [1.29, 1.82) is 0 Å². The van der Waals surface area contributed by atoms with Gasteiger partial charge in [-0.25, -0.2) is 14.4 Å². The van der Waals surface area contributed by atoms with Crippen molar-refractivity contribution in [3.63, 3.8) is 0 Å². The highest BCUT2D eigenvalue weighted by molar-refractivity contribution is 5.84. The third-order valence-corrected chi connectivity index (χ3v) is 3.28. The average molecular weight is 433 g/mol. The van der Waals surface area contributed by atoms with Crippen molar-refractivity contribution in [3.05, 3.63) is 37.5 Å². The smallest absolute Gasteiger partial charge is 0.330 e. The Morgan fingerprint density at radius 2 is 0.800 bits per heavy atom. The second-order valence-electron chi connectivity index (χ2n) is 6.15. The van der Waals surface area contributed by atoms with E-state index in [0.29, 0.717) is 13.2 Å². The molecule has 176 valence electrons. The van der Waals surface area contributed by atoms with Crippen LogP contribution >= 0.6 is 0 Å². The van der Waals surface area contributed by atoms with Crippen molar-refractivity contribution in [2.45, 2.75) is 71.1 Å². The van der Waals surface area contributed by atoms with Crippen LogP contribution in [0.5, 0.6) is 0 Å². The molecule has 30 heavy (non-hydrogen) atoms. The summed E-state index contributed by atoms with van der Waals surface area (Å²) in [7, 11) is 0. The molecule has 5 N–H and O–H groups in total. The number of aliphatic carboxylic acids is 3. The van der Waals surface area contributed by atoms with Crippen LogP contribution in [0.2, 0.25) is 0 Å². The topological polar surface area (TPSA) is 152 Å². The van der Waals surface area contributed by atoms with Gasteiger partial charge in [0, 0.05) is 30.9 Å². The van der Waals surface area contributed by atoms with E-state index in [0.717, 1.165) is 25.0 Å². The Morgan fingerprint density at radius 1 is 0.633 bits per heavy atom. The van der Waals surface area contributed by atoms with Gasteiger partial charge in [0.15, 0.2) is 0 Å². The molecule has 0 heterocycles. The summed E-state index contributed by atoms with van der Waals surface area (Å²) in [5.74, 6) is -2.90. The van der Waals surface area contributed by atoms with Gasteiger partial charge in [0.1, 0.15) is 0 Å². The van der Waals surface area contributed by atoms with Gasteiger partial charge in [0.2, 0.25) is 0 Å². The largest absolute Gasteiger partial charge is 0.478 e. The van der Waals surface area contributed by atoms with E-state index in [9.17, 15) is 14.4 Å². The minimum absolute atomic E-state index is 0.176. The van der Waals surface area contributed by atoms with E-state index in [1.165, 1.54) is 58.3 Å². The average Bonchev–Trinajstić information content (AvgIpc) is 2.70. The fraction of sp³-hybridized carbons (Fsp3) is 0.591. The van der Waals surface area contributed by atoms with Crippen LogP contribution in [0.4, 0.5) is 0 Å². The summed E-state index contributed by atoms with van der Waals surface area (Å²) in [4.78, 5) is 28.1. The van der Waals surface area contributed by atoms with Gasteiger partial charge >= 0.3 is 17.9 Å². The van der Waals surface area contributed by atoms with Crippen LogP contribution in [-0.4, -0.2) is 56.7 Å². The van der Waals surface area contributed by atoms with Crippen LogP contribution in [0.25, 0.3) is 0 Å². The molecule has 8 nitrogen and oxygen atoms in total. The maximum Gasteiger partial charge on any atom is 0.330 e. The molecule has 0 aromatic heterocycles. The Hall–Kier alpha value is -2.45. The first-order chi connectivity index (χ1) is 14.1. The highest BCUT2D eigenvalue weighted by Crippen LogP contribution is 2.10. The molecular formula is C22H40O8. The lowest BCUT2D eigenvalue weighted by atomic mass is 10.1. The van der Waals surface area contributed by atoms with Crippen molar-refractivity contribution in [2.24, 2.45) is 0 Å². The Kier molecular flexibility index (Phi) is 36.5. The molecule has 0 saturated heterocycles. The number of hydrogen-bond donors (Lipinski definition) is 5. The molecule has 0 aliphatic carbocycles. The third-order valence-electron chi connectivity index (χ3n) is 3.28. The number of carboxylic acid groups (broad SMARTS) is 3. The zero-order valence-electron chi connectivity index (χ0n) is 18.2. The molecule has 0 atom stereocenters. The standard InChI is InChI=1S/C12H26O2.C4H6O2.2C3H4O2/c13-11-9-7-5-3-1-2-4-6-8-10-12-14;1-3(2)4(5)6;2*1-2-3(4)5/h13-14H,1-12H2;1H2,2H3,(H,5,6);2*2H,1H2,(H,4,5). The fourth-order valence-electron chi connectivity index (χ4n) is 1.64. The van der Waals surface area contributed by atoms with Gasteiger partial charge in [0.25, 0.3) is 0 Å². The van der Waals surface area contributed by atoms with Crippen LogP contribution in [0.3, 0.4) is 0 Å². The van der Waals surface area contributed by atoms with Crippen LogP contribution in [0.15, 0.2) is 37.5 Å². The summed E-state index contributed by atoms with van der Waals surface area (Å²) in [5.41, 5.74) is 0.176. The summed E-state index contributed by atoms with van der Waals surface area (Å²) in [6.07, 6.45) is 13.8. The van der Waals surface area contributed by atoms with Gasteiger partial charge in [-0.1, -0.05) is 71.1 Å². The third kappa shape index (κ3) is 56.2. The highest BCUT2D eigenvalue weighted by Gasteiger charge is 1.92. The Bertz CT molecular complexity index is 416. The summed E-state index contributed by atoms with van der Waals surface area (Å²) in [5, 5.41) is 40.2. The molecule has 8 heteroatoms. The second-order valence-corrected chi connectivity index (χ2v) is 6.15. The molecule has 0 saturated carbocycles. The Morgan fingerprint density at radius 3 is 0.900 bits per heavy atom. The Labute approximate surface area is 180 Å². The zero-order chi connectivity index (χ0) is 24.2. The number of aliphatic hydroxyl groups excluding tert-OH is 2. The summed E-state index contributed by atoms with van der Waals surface area (Å²) >= 11 is 0. The molecule has 0 aliphatic heterocycles. The minimum atomic E-state index is -0.981. The van der Waals surface area contributed by atoms with E-state index >= 15 is 0 Å². The molecule has 0 radical (unpaired) electrons. The number of aliphatic hydroxyl groups is 2. The molecule has 0 fully saturated rings. The quantitative estimate of drug-likeness (QED) is 0.204. The first-order valence-corrected chi connectivity index (χ1v) is 9.91. The second kappa shape index (κ2) is 31.3. The minimum Gasteiger partial charge on any atom is -0.478 e. The molecule has 0 aromatic rings. The van der Waals surface area contributed by atoms with Gasteiger partial charge in [0.05, 0.1) is 0 Å². The summed E-state index contributed by atoms with van der Waals surface area (Å²) in [6, 6.07) is 0. The molecule has 0 aromatic carbocycles. The number of carbonyl (C=O) groups is 3. The number of carboxylic acids is 3. The van der Waals surface area contributed by atoms with Gasteiger partial charge in [-0.3, -0.25) is 0 Å². The van der Waals surface area contributed by atoms with Crippen LogP contribution in [0.1, 0.15) is 71.1 Å². The fourth-order valence-corrected chi connectivity index (χ4v) is 1.64. The molecular weight excluding hydrogens is 392 g/mol. The number of hydrogen-bond acceptors (Lipinski definition) is 5. The molecule has 0 amide bonds. The monoisotopic (exact) mass is 432 g/mol. The van der Waals surface area contributed by atoms with E-state index in [1.807, 2.05) is 0 Å². The predicted molar refractivity (Wildman–Crippen MR) is 118 cm³/mol. The van der Waals surface area contributed by atoms with Crippen molar-refractivity contribution < 1.29 is 39.9 Å². The molecule has 0 rings (SSSR count). The first kappa shape index (κ1) is 35.0. The lowest BCUT2D eigenvalue weighted by molar-refractivity contribution is -0.133. The first-order valence-electron chi connectivity index (χ1n) is 9.91. The van der Waals surface area contributed by atoms with Crippen LogP contribution in [-0.2, 0) is 14.4 Å². The lowest BCUT2D eigenvalue weighted by Crippen LogP contribution is -1.92. The molecule has 0 aliphatic rings. The van der Waals surface area contributed by atoms with Gasteiger partial charge in [-0.2, -0.15) is 0 Å². The van der Waals surface area contributed by atoms with E-state index in [4.69, 9.17) is 25.5 Å². The molecule has 0 bridgehead atoms. The number of rotatable bonds is 14. The number of unbranched alkanes of at least 4 members (excludes halogenated alkanes) is 9. The van der Waals surface area contributed by atoms with E-state index in [-0.39, 0.29) is 5.57 Å². The summed E-state index contributed by atoms with van der Waals surface area (Å²) in [6.45, 7) is 11.2. The van der Waals surface area contributed by atoms with Crippen LogP contribution in [0, 0.1) is 0 Å². The van der Waals surface area contributed by atoms with Crippen molar-refractivity contribution >= 4 is 17.9 Å². The maximum atomic E-state index is 9.60. The van der Waals surface area contributed by atoms with Gasteiger partial charge in [-0.15, -0.1) is 0 Å². The van der Waals surface area contributed by atoms with Gasteiger partial charge < -0.3 is 25.5 Å². The lowest BCUT2D eigenvalue weighted by Gasteiger charge is -2.01. The summed E-state index contributed by atoms with van der Waals surface area (Å²) < 4.78 is 0. The zero-order valence-corrected chi connectivity index (χ0v) is 18.2. The normalized spacial score (nSPS) is 8.63. The van der Waals surface area contributed by atoms with E-state index < -0.39 is 17.9 Å². The van der Waals surface area contributed by atoms with E-state index in [1.54, 1.807) is 0 Å². The molecule has 0 unspecified atom stereocenters. The molecule has 0 spiro atoms. The maximum absolute atomic E-state index is 9.60. The van der Waals surface area contributed by atoms with Crippen molar-refractivity contribution in [1.82, 2.24) is 0 Å². The Balaban J connectivity index is -0.000000174. The van der Waals surface area contributed by atoms with E-state index in [2.05, 4.69) is 19.7 Å². The van der Waals surface area contributed by atoms with Gasteiger partial charge in [-0.05, 0) is 19.8 Å². The highest BCUT2D eigenvalue weighted by atomic mass is 16.4. The predicted octanol–water partition coefficient (Wildman–Crippen LogP) is 4.03.